The van der Waals surface area contributed by atoms with Crippen LogP contribution in [0.25, 0.3) is 5.57 Å². The lowest BCUT2D eigenvalue weighted by Gasteiger charge is -2.19. The number of anilines is 1. The highest BCUT2D eigenvalue weighted by Gasteiger charge is 2.44. The van der Waals surface area contributed by atoms with Gasteiger partial charge in [-0.05, 0) is 24.6 Å². The molecule has 0 aliphatic carbocycles. The molecule has 1 saturated heterocycles. The van der Waals surface area contributed by atoms with Gasteiger partial charge in [0.25, 0.3) is 11.8 Å². The summed E-state index contributed by atoms with van der Waals surface area (Å²) in [5, 5.41) is 9.84. The topological polar surface area (TPSA) is 77.9 Å². The second-order valence-corrected chi connectivity index (χ2v) is 8.81. The van der Waals surface area contributed by atoms with Crippen molar-refractivity contribution in [3.63, 3.8) is 0 Å². The number of amides is 2. The maximum absolute atomic E-state index is 13.4. The molecular weight excluding hydrogens is 444 g/mol. The predicted octanol–water partition coefficient (Wildman–Crippen LogP) is 3.93. The van der Waals surface area contributed by atoms with Gasteiger partial charge in [-0.25, -0.2) is 4.79 Å². The normalized spacial score (nSPS) is 19.5. The zero-order valence-corrected chi connectivity index (χ0v) is 18.1. The number of carboxylic acid groups (broad SMARTS) is 1. The fourth-order valence-corrected chi connectivity index (χ4v) is 5.11. The van der Waals surface area contributed by atoms with Crippen LogP contribution in [-0.2, 0) is 20.9 Å². The molecule has 2 aliphatic heterocycles. The number of para-hydroxylation sites is 1. The van der Waals surface area contributed by atoms with E-state index in [2.05, 4.69) is 0 Å². The second kappa shape index (κ2) is 7.86. The number of rotatable bonds is 4. The second-order valence-electron chi connectivity index (χ2n) is 6.76. The molecule has 1 N–H and O–H groups in total. The lowest BCUT2D eigenvalue weighted by atomic mass is 10.1. The number of fused-ring (bicyclic) bond motifs is 1. The lowest BCUT2D eigenvalue weighted by molar-refractivity contribution is -0.144. The van der Waals surface area contributed by atoms with Gasteiger partial charge in [0.1, 0.15) is 10.4 Å². The van der Waals surface area contributed by atoms with Gasteiger partial charge in [0, 0.05) is 10.6 Å². The van der Waals surface area contributed by atoms with Crippen molar-refractivity contribution in [1.82, 2.24) is 4.90 Å². The van der Waals surface area contributed by atoms with Gasteiger partial charge in [-0.1, -0.05) is 72.0 Å². The van der Waals surface area contributed by atoms with E-state index in [1.54, 1.807) is 29.2 Å². The average molecular weight is 459 g/mol. The number of aliphatic carboxylic acids is 1. The summed E-state index contributed by atoms with van der Waals surface area (Å²) in [6.45, 7) is 1.62. The molecule has 2 aromatic rings. The van der Waals surface area contributed by atoms with Crippen molar-refractivity contribution in [3.8, 4) is 0 Å². The van der Waals surface area contributed by atoms with E-state index in [0.29, 0.717) is 16.3 Å². The molecule has 4 rings (SSSR count). The van der Waals surface area contributed by atoms with E-state index in [9.17, 15) is 19.5 Å². The summed E-state index contributed by atoms with van der Waals surface area (Å²) in [5.74, 6) is -2.09. The Bertz CT molecular complexity index is 1150. The first-order chi connectivity index (χ1) is 14.3. The van der Waals surface area contributed by atoms with Crippen LogP contribution in [0.1, 0.15) is 18.1 Å². The highest BCUT2D eigenvalue weighted by Crippen LogP contribution is 2.45. The van der Waals surface area contributed by atoms with E-state index in [1.165, 1.54) is 6.92 Å². The average Bonchev–Trinajstić information content (AvgIpc) is 3.15. The molecule has 0 aromatic heterocycles. The fraction of sp³-hybridized carbons (Fsp3) is 0.143. The number of thioether (sulfide) groups is 1. The summed E-state index contributed by atoms with van der Waals surface area (Å²) < 4.78 is 0.118. The molecular formula is C21H15ClN2O4S2. The molecule has 1 unspecified atom stereocenters. The summed E-state index contributed by atoms with van der Waals surface area (Å²) >= 11 is 12.5. The minimum absolute atomic E-state index is 0.118. The van der Waals surface area contributed by atoms with Gasteiger partial charge in [-0.2, -0.15) is 0 Å². The third kappa shape index (κ3) is 3.30. The summed E-state index contributed by atoms with van der Waals surface area (Å²) in [6, 6.07) is 13.3. The first-order valence-electron chi connectivity index (χ1n) is 8.98. The number of carbonyl (C=O) groups is 3. The van der Waals surface area contributed by atoms with Gasteiger partial charge in [-0.3, -0.25) is 14.5 Å². The number of halogens is 1. The molecule has 0 radical (unpaired) electrons. The smallest absolute Gasteiger partial charge is 0.326 e. The van der Waals surface area contributed by atoms with Crippen LogP contribution in [0.3, 0.4) is 0 Å². The molecule has 0 spiro atoms. The maximum atomic E-state index is 13.4. The van der Waals surface area contributed by atoms with Gasteiger partial charge in [-0.15, -0.1) is 0 Å². The Hall–Kier alpha value is -2.68. The van der Waals surface area contributed by atoms with Crippen LogP contribution in [0.4, 0.5) is 5.69 Å². The Labute approximate surface area is 187 Å². The Morgan fingerprint density at radius 3 is 2.50 bits per heavy atom. The molecule has 30 heavy (non-hydrogen) atoms. The van der Waals surface area contributed by atoms with Crippen molar-refractivity contribution in [1.29, 1.82) is 0 Å². The SMILES string of the molecule is CC(C(=O)O)N1C(=O)C(=C2C(=O)N(Cc3ccccc3Cl)c3ccccc32)SC1=S. The quantitative estimate of drug-likeness (QED) is 0.552. The van der Waals surface area contributed by atoms with Crippen molar-refractivity contribution in [2.45, 2.75) is 19.5 Å². The molecule has 2 aliphatic rings. The minimum atomic E-state index is -1.17. The van der Waals surface area contributed by atoms with Crippen LogP contribution in [0, 0.1) is 0 Å². The summed E-state index contributed by atoms with van der Waals surface area (Å²) in [7, 11) is 0. The van der Waals surface area contributed by atoms with Crippen LogP contribution < -0.4 is 4.90 Å². The molecule has 6 nitrogen and oxygen atoms in total. The van der Waals surface area contributed by atoms with Gasteiger partial charge < -0.3 is 10.0 Å². The third-order valence-corrected chi connectivity index (χ3v) is 6.75. The molecule has 1 atom stereocenters. The molecule has 2 heterocycles. The number of hydrogen-bond acceptors (Lipinski definition) is 5. The van der Waals surface area contributed by atoms with E-state index in [0.717, 1.165) is 22.2 Å². The molecule has 2 aromatic carbocycles. The van der Waals surface area contributed by atoms with Crippen LogP contribution in [0.5, 0.6) is 0 Å². The van der Waals surface area contributed by atoms with Crippen LogP contribution in [0.15, 0.2) is 53.4 Å². The van der Waals surface area contributed by atoms with Crippen LogP contribution >= 0.6 is 35.6 Å². The van der Waals surface area contributed by atoms with Gasteiger partial charge in [0.15, 0.2) is 0 Å². The number of carbonyl (C=O) groups excluding carboxylic acids is 2. The molecule has 9 heteroatoms. The summed E-state index contributed by atoms with van der Waals surface area (Å²) in [5.41, 5.74) is 2.28. The standard InChI is InChI=1S/C21H15ClN2O4S2/c1-11(20(27)28)24-19(26)17(30-21(24)29)16-13-7-3-5-9-15(13)23(18(16)25)10-12-6-2-4-8-14(12)22/h2-9,11H,10H2,1H3,(H,27,28). The molecule has 1 fully saturated rings. The van der Waals surface area contributed by atoms with Crippen LogP contribution in [-0.4, -0.2) is 38.2 Å². The lowest BCUT2D eigenvalue weighted by Crippen LogP contribution is -2.41. The molecule has 152 valence electrons. The Morgan fingerprint density at radius 2 is 1.80 bits per heavy atom. The highest BCUT2D eigenvalue weighted by molar-refractivity contribution is 8.26. The first kappa shape index (κ1) is 20.6. The largest absolute Gasteiger partial charge is 0.480 e. The van der Waals surface area contributed by atoms with Gasteiger partial charge in [0.2, 0.25) is 0 Å². The van der Waals surface area contributed by atoms with Gasteiger partial charge >= 0.3 is 5.97 Å². The van der Waals surface area contributed by atoms with E-state index in [1.807, 2.05) is 24.3 Å². The predicted molar refractivity (Wildman–Crippen MR) is 120 cm³/mol. The van der Waals surface area contributed by atoms with Crippen molar-refractivity contribution in [2.75, 3.05) is 4.90 Å². The Kier molecular flexibility index (Phi) is 5.40. The highest BCUT2D eigenvalue weighted by atomic mass is 35.5. The number of hydrogen-bond donors (Lipinski definition) is 1. The summed E-state index contributed by atoms with van der Waals surface area (Å²) in [6.07, 6.45) is 0. The molecule has 0 bridgehead atoms. The maximum Gasteiger partial charge on any atom is 0.326 e. The van der Waals surface area contributed by atoms with Crippen molar-refractivity contribution >= 4 is 68.9 Å². The number of thiocarbonyl (C=S) groups is 1. The number of benzene rings is 2. The number of carboxylic acids is 1. The van der Waals surface area contributed by atoms with Gasteiger partial charge in [0.05, 0.1) is 22.7 Å². The number of nitrogens with zero attached hydrogens (tertiary/aromatic N) is 2. The van der Waals surface area contributed by atoms with Crippen molar-refractivity contribution < 1.29 is 19.5 Å². The third-order valence-electron chi connectivity index (χ3n) is 4.98. The zero-order chi connectivity index (χ0) is 21.6. The zero-order valence-electron chi connectivity index (χ0n) is 15.7. The van der Waals surface area contributed by atoms with Crippen molar-refractivity contribution in [2.24, 2.45) is 0 Å². The Morgan fingerprint density at radius 1 is 1.13 bits per heavy atom. The van der Waals surface area contributed by atoms with E-state index in [-0.39, 0.29) is 27.3 Å². The van der Waals surface area contributed by atoms with E-state index < -0.39 is 17.9 Å². The van der Waals surface area contributed by atoms with Crippen molar-refractivity contribution in [3.05, 3.63) is 69.6 Å². The van der Waals surface area contributed by atoms with Crippen LogP contribution in [0.2, 0.25) is 5.02 Å². The minimum Gasteiger partial charge on any atom is -0.480 e. The first-order valence-corrected chi connectivity index (χ1v) is 10.6. The fourth-order valence-electron chi connectivity index (χ4n) is 3.43. The Balaban J connectivity index is 1.79. The van der Waals surface area contributed by atoms with E-state index >= 15 is 0 Å². The summed E-state index contributed by atoms with van der Waals surface area (Å²) in [4.78, 5) is 40.6. The molecule has 2 amide bonds. The molecule has 0 saturated carbocycles. The monoisotopic (exact) mass is 458 g/mol. The van der Waals surface area contributed by atoms with E-state index in [4.69, 9.17) is 23.8 Å².